The molecule has 230 valence electrons. The summed E-state index contributed by atoms with van der Waals surface area (Å²) in [7, 11) is 2.12. The SMILES string of the molecule is Cn1c2ccccc2c2ccc(-c3nc(-c4ccc5sc6cc(-c7ccccc7)ccc6c5c4)nc(-c4cccc5ccccc45)n3)cc21. The van der Waals surface area contributed by atoms with Crippen LogP contribution < -0.4 is 0 Å². The maximum Gasteiger partial charge on any atom is 0.164 e. The summed E-state index contributed by atoms with van der Waals surface area (Å²) in [4.78, 5) is 15.5. The van der Waals surface area contributed by atoms with Gasteiger partial charge in [-0.1, -0.05) is 115 Å². The molecule has 0 atom stereocenters. The molecule has 7 aromatic carbocycles. The third kappa shape index (κ3) is 4.55. The summed E-state index contributed by atoms with van der Waals surface area (Å²) in [5, 5.41) is 7.18. The van der Waals surface area contributed by atoms with Crippen molar-refractivity contribution in [3.8, 4) is 45.3 Å². The van der Waals surface area contributed by atoms with Crippen LogP contribution in [0.5, 0.6) is 0 Å². The number of benzene rings is 7. The van der Waals surface area contributed by atoms with Crippen molar-refractivity contribution in [2.75, 3.05) is 0 Å². The summed E-state index contributed by atoms with van der Waals surface area (Å²) in [5.41, 5.74) is 7.72. The molecule has 10 rings (SSSR count). The molecule has 10 aromatic rings. The molecule has 4 nitrogen and oxygen atoms in total. The van der Waals surface area contributed by atoms with Crippen molar-refractivity contribution in [2.24, 2.45) is 7.05 Å². The summed E-state index contributed by atoms with van der Waals surface area (Å²) >= 11 is 1.82. The summed E-state index contributed by atoms with van der Waals surface area (Å²) in [6.45, 7) is 0. The van der Waals surface area contributed by atoms with Crippen LogP contribution in [-0.2, 0) is 7.05 Å². The summed E-state index contributed by atoms with van der Waals surface area (Å²) in [6.07, 6.45) is 0. The van der Waals surface area contributed by atoms with Gasteiger partial charge in [0.1, 0.15) is 0 Å². The van der Waals surface area contributed by atoms with Gasteiger partial charge in [-0.2, -0.15) is 0 Å². The number of nitrogens with zero attached hydrogens (tertiary/aromatic N) is 4. The molecular weight excluding hydrogens is 617 g/mol. The Kier molecular flexibility index (Phi) is 6.23. The van der Waals surface area contributed by atoms with Crippen LogP contribution in [-0.4, -0.2) is 19.5 Å². The summed E-state index contributed by atoms with van der Waals surface area (Å²) in [5.74, 6) is 1.98. The van der Waals surface area contributed by atoms with Crippen LogP contribution >= 0.6 is 11.3 Å². The fraction of sp³-hybridized carbons (Fsp3) is 0.0227. The zero-order valence-corrected chi connectivity index (χ0v) is 27.4. The molecule has 5 heteroatoms. The second-order valence-corrected chi connectivity index (χ2v) is 13.6. The molecule has 0 saturated carbocycles. The maximum absolute atomic E-state index is 5.17. The molecule has 0 aliphatic heterocycles. The van der Waals surface area contributed by atoms with E-state index in [9.17, 15) is 0 Å². The molecule has 0 unspecified atom stereocenters. The van der Waals surface area contributed by atoms with E-state index < -0.39 is 0 Å². The molecular formula is C44H28N4S. The molecule has 0 amide bonds. The molecule has 0 spiro atoms. The first kappa shape index (κ1) is 27.9. The van der Waals surface area contributed by atoms with E-state index in [-0.39, 0.29) is 0 Å². The van der Waals surface area contributed by atoms with Gasteiger partial charge in [0, 0.05) is 65.7 Å². The Labute approximate surface area is 286 Å². The predicted molar refractivity (Wildman–Crippen MR) is 206 cm³/mol. The fourth-order valence-electron chi connectivity index (χ4n) is 7.20. The van der Waals surface area contributed by atoms with E-state index in [0.717, 1.165) is 33.0 Å². The topological polar surface area (TPSA) is 43.6 Å². The van der Waals surface area contributed by atoms with Gasteiger partial charge in [0.15, 0.2) is 17.5 Å². The van der Waals surface area contributed by atoms with Crippen LogP contribution in [0.3, 0.4) is 0 Å². The van der Waals surface area contributed by atoms with Crippen molar-refractivity contribution >= 4 is 64.1 Å². The molecule has 0 fully saturated rings. The first-order valence-corrected chi connectivity index (χ1v) is 17.2. The third-order valence-corrected chi connectivity index (χ3v) is 10.8. The van der Waals surface area contributed by atoms with E-state index in [1.807, 2.05) is 11.3 Å². The van der Waals surface area contributed by atoms with Crippen LogP contribution in [0.4, 0.5) is 0 Å². The number of para-hydroxylation sites is 1. The van der Waals surface area contributed by atoms with Crippen LogP contribution in [0.15, 0.2) is 152 Å². The lowest BCUT2D eigenvalue weighted by Crippen LogP contribution is -2.00. The first-order valence-electron chi connectivity index (χ1n) is 16.4. The van der Waals surface area contributed by atoms with Gasteiger partial charge < -0.3 is 4.57 Å². The Balaban J connectivity index is 1.17. The monoisotopic (exact) mass is 644 g/mol. The highest BCUT2D eigenvalue weighted by molar-refractivity contribution is 7.25. The number of fused-ring (bicyclic) bond motifs is 7. The number of rotatable bonds is 4. The van der Waals surface area contributed by atoms with Gasteiger partial charge in [-0.15, -0.1) is 11.3 Å². The highest BCUT2D eigenvalue weighted by atomic mass is 32.1. The molecule has 0 bridgehead atoms. The van der Waals surface area contributed by atoms with Crippen molar-refractivity contribution < 1.29 is 0 Å². The average Bonchev–Trinajstić information content (AvgIpc) is 3.68. The van der Waals surface area contributed by atoms with Crippen molar-refractivity contribution in [2.45, 2.75) is 0 Å². The summed E-state index contributed by atoms with van der Waals surface area (Å²) < 4.78 is 4.76. The summed E-state index contributed by atoms with van der Waals surface area (Å²) in [6, 6.07) is 53.8. The van der Waals surface area contributed by atoms with E-state index in [2.05, 4.69) is 163 Å². The van der Waals surface area contributed by atoms with E-state index in [4.69, 9.17) is 15.0 Å². The normalized spacial score (nSPS) is 11.8. The molecule has 49 heavy (non-hydrogen) atoms. The van der Waals surface area contributed by atoms with Crippen molar-refractivity contribution in [3.05, 3.63) is 152 Å². The van der Waals surface area contributed by atoms with E-state index in [1.54, 1.807) is 0 Å². The molecule has 0 saturated heterocycles. The maximum atomic E-state index is 5.17. The number of aromatic nitrogens is 4. The van der Waals surface area contributed by atoms with Crippen molar-refractivity contribution in [1.82, 2.24) is 19.5 Å². The highest BCUT2D eigenvalue weighted by Crippen LogP contribution is 2.39. The lowest BCUT2D eigenvalue weighted by molar-refractivity contribution is 1.01. The van der Waals surface area contributed by atoms with Crippen LogP contribution in [0, 0.1) is 0 Å². The van der Waals surface area contributed by atoms with Crippen LogP contribution in [0.2, 0.25) is 0 Å². The van der Waals surface area contributed by atoms with Gasteiger partial charge in [-0.25, -0.2) is 15.0 Å². The van der Waals surface area contributed by atoms with Gasteiger partial charge in [0.2, 0.25) is 0 Å². The van der Waals surface area contributed by atoms with Crippen LogP contribution in [0.1, 0.15) is 0 Å². The largest absolute Gasteiger partial charge is 0.344 e. The van der Waals surface area contributed by atoms with Crippen LogP contribution in [0.25, 0.3) is 98.0 Å². The number of aryl methyl sites for hydroxylation is 1. The minimum absolute atomic E-state index is 0.655. The molecule has 0 N–H and O–H groups in total. The lowest BCUT2D eigenvalue weighted by atomic mass is 10.0. The Bertz CT molecular complexity index is 2900. The number of thiophene rings is 1. The van der Waals surface area contributed by atoms with E-state index in [0.29, 0.717) is 17.5 Å². The van der Waals surface area contributed by atoms with E-state index >= 15 is 0 Å². The van der Waals surface area contributed by atoms with Gasteiger partial charge >= 0.3 is 0 Å². The number of hydrogen-bond donors (Lipinski definition) is 0. The zero-order valence-electron chi connectivity index (χ0n) is 26.6. The molecule has 0 aliphatic rings. The standard InChI is InChI=1S/C44H28N4S/c1-48-38-17-8-7-15-33(38)34-21-19-31(25-39(34)48)43-45-42(46-44(47-43)36-16-9-13-28-12-5-6-14-32(28)36)30-20-23-40-37(24-30)35-22-18-29(26-41(35)49-40)27-10-3-2-4-11-27/h2-26H,1H3. The van der Waals surface area contributed by atoms with Gasteiger partial charge in [0.25, 0.3) is 0 Å². The predicted octanol–water partition coefficient (Wildman–Crippen LogP) is 11.7. The van der Waals surface area contributed by atoms with Gasteiger partial charge in [-0.05, 0) is 58.3 Å². The highest BCUT2D eigenvalue weighted by Gasteiger charge is 2.17. The molecule has 3 aromatic heterocycles. The minimum atomic E-state index is 0.655. The van der Waals surface area contributed by atoms with E-state index in [1.165, 1.54) is 47.6 Å². The van der Waals surface area contributed by atoms with Gasteiger partial charge in [-0.3, -0.25) is 0 Å². The minimum Gasteiger partial charge on any atom is -0.344 e. The van der Waals surface area contributed by atoms with Crippen molar-refractivity contribution in [1.29, 1.82) is 0 Å². The molecule has 0 aliphatic carbocycles. The third-order valence-electron chi connectivity index (χ3n) is 9.68. The number of hydrogen-bond acceptors (Lipinski definition) is 4. The molecule has 3 heterocycles. The lowest BCUT2D eigenvalue weighted by Gasteiger charge is -2.11. The average molecular weight is 645 g/mol. The Morgan fingerprint density at radius 3 is 1.94 bits per heavy atom. The Morgan fingerprint density at radius 2 is 1.06 bits per heavy atom. The quantitative estimate of drug-likeness (QED) is 0.191. The van der Waals surface area contributed by atoms with Gasteiger partial charge in [0.05, 0.1) is 0 Å². The first-order chi connectivity index (χ1) is 24.2. The smallest absolute Gasteiger partial charge is 0.164 e. The Morgan fingerprint density at radius 1 is 0.408 bits per heavy atom. The molecule has 0 radical (unpaired) electrons. The second-order valence-electron chi connectivity index (χ2n) is 12.5. The zero-order chi connectivity index (χ0) is 32.5. The fourth-order valence-corrected chi connectivity index (χ4v) is 8.33. The Hall–Kier alpha value is -6.17. The second kappa shape index (κ2) is 10.9. The van der Waals surface area contributed by atoms with Crippen molar-refractivity contribution in [3.63, 3.8) is 0 Å².